The maximum atomic E-state index is 4.87. The predicted molar refractivity (Wildman–Crippen MR) is 111 cm³/mol. The van der Waals surface area contributed by atoms with Crippen molar-refractivity contribution in [2.45, 2.75) is 26.8 Å². The van der Waals surface area contributed by atoms with Gasteiger partial charge >= 0.3 is 0 Å². The Balaban J connectivity index is 1.46. The number of aliphatic imine (C=N–C) groups is 1. The quantitative estimate of drug-likeness (QED) is 0.898. The van der Waals surface area contributed by atoms with Gasteiger partial charge in [0.15, 0.2) is 0 Å². The molecule has 6 heteroatoms. The molecule has 2 aromatic rings. The van der Waals surface area contributed by atoms with Gasteiger partial charge < -0.3 is 4.90 Å². The van der Waals surface area contributed by atoms with E-state index in [0.29, 0.717) is 0 Å². The number of aromatic nitrogens is 2. The van der Waals surface area contributed by atoms with Crippen LogP contribution in [0.25, 0.3) is 11.4 Å². The highest BCUT2D eigenvalue weighted by Gasteiger charge is 2.41. The van der Waals surface area contributed by atoms with Gasteiger partial charge in [0, 0.05) is 53.7 Å². The molecule has 6 nitrogen and oxygen atoms in total. The van der Waals surface area contributed by atoms with Gasteiger partial charge in [0.05, 0.1) is 11.7 Å². The van der Waals surface area contributed by atoms with Gasteiger partial charge in [-0.15, -0.1) is 0 Å². The topological polar surface area (TPSA) is 48.7 Å². The average molecular weight is 372 g/mol. The molecule has 5 rings (SSSR count). The van der Waals surface area contributed by atoms with E-state index in [2.05, 4.69) is 66.0 Å². The molecular weight excluding hydrogens is 348 g/mol. The van der Waals surface area contributed by atoms with Crippen molar-refractivity contribution in [3.05, 3.63) is 77.5 Å². The molecule has 0 radical (unpaired) electrons. The highest BCUT2D eigenvalue weighted by molar-refractivity contribution is 5.99. The fourth-order valence-electron chi connectivity index (χ4n) is 4.17. The van der Waals surface area contributed by atoms with Gasteiger partial charge in [0.25, 0.3) is 0 Å². The zero-order valence-corrected chi connectivity index (χ0v) is 16.5. The van der Waals surface area contributed by atoms with Crippen molar-refractivity contribution in [1.29, 1.82) is 0 Å². The molecule has 1 aromatic carbocycles. The Bertz CT molecular complexity index is 1060. The van der Waals surface area contributed by atoms with Crippen LogP contribution in [0.3, 0.4) is 0 Å². The van der Waals surface area contributed by atoms with E-state index >= 15 is 0 Å². The number of nitrogens with one attached hydrogen (secondary N) is 1. The molecule has 1 fully saturated rings. The van der Waals surface area contributed by atoms with Crippen LogP contribution in [0.5, 0.6) is 0 Å². The second-order valence-electron chi connectivity index (χ2n) is 7.57. The van der Waals surface area contributed by atoms with Crippen LogP contribution in [0.2, 0.25) is 0 Å². The molecule has 1 atom stereocenters. The molecule has 1 unspecified atom stereocenters. The molecule has 3 aliphatic heterocycles. The molecule has 0 saturated carbocycles. The summed E-state index contributed by atoms with van der Waals surface area (Å²) in [6.45, 7) is 12.5. The first-order chi connectivity index (χ1) is 13.5. The lowest BCUT2D eigenvalue weighted by molar-refractivity contribution is 0.294. The first-order valence-electron chi connectivity index (χ1n) is 9.60. The van der Waals surface area contributed by atoms with Crippen molar-refractivity contribution in [3.63, 3.8) is 0 Å². The van der Waals surface area contributed by atoms with E-state index in [1.807, 2.05) is 23.0 Å². The minimum absolute atomic E-state index is 0.265. The van der Waals surface area contributed by atoms with Crippen LogP contribution < -0.4 is 5.43 Å². The zero-order chi connectivity index (χ0) is 19.4. The van der Waals surface area contributed by atoms with E-state index in [1.165, 1.54) is 16.8 Å². The molecule has 1 aromatic heterocycles. The normalized spacial score (nSPS) is 21.2. The van der Waals surface area contributed by atoms with Gasteiger partial charge in [0.2, 0.25) is 0 Å². The number of hydrogen-bond donors (Lipinski definition) is 1. The summed E-state index contributed by atoms with van der Waals surface area (Å²) in [7, 11) is 0. The third-order valence-electron chi connectivity index (χ3n) is 6.01. The van der Waals surface area contributed by atoms with Gasteiger partial charge in [-0.3, -0.25) is 5.01 Å². The Hall–Kier alpha value is -3.12. The van der Waals surface area contributed by atoms with E-state index in [-0.39, 0.29) is 6.04 Å². The van der Waals surface area contributed by atoms with Crippen LogP contribution in [0.1, 0.15) is 26.3 Å². The maximum Gasteiger partial charge on any atom is 0.150 e. The van der Waals surface area contributed by atoms with Gasteiger partial charge in [-0.2, -0.15) is 5.10 Å². The molecule has 3 aliphatic rings. The lowest BCUT2D eigenvalue weighted by atomic mass is 10.1. The van der Waals surface area contributed by atoms with E-state index in [0.717, 1.165) is 41.6 Å². The highest BCUT2D eigenvalue weighted by Crippen LogP contribution is 2.37. The Kier molecular flexibility index (Phi) is 3.77. The molecule has 28 heavy (non-hydrogen) atoms. The second kappa shape index (κ2) is 6.21. The number of para-hydroxylation sites is 1. The summed E-state index contributed by atoms with van der Waals surface area (Å²) in [5, 5.41) is 6.55. The van der Waals surface area contributed by atoms with Crippen molar-refractivity contribution < 1.29 is 0 Å². The third-order valence-corrected chi connectivity index (χ3v) is 6.01. The Morgan fingerprint density at radius 1 is 1.18 bits per heavy atom. The van der Waals surface area contributed by atoms with Crippen molar-refractivity contribution in [1.82, 2.24) is 25.1 Å². The van der Waals surface area contributed by atoms with Crippen LogP contribution >= 0.6 is 0 Å². The van der Waals surface area contributed by atoms with E-state index in [9.17, 15) is 0 Å². The maximum absolute atomic E-state index is 4.87. The lowest BCUT2D eigenvalue weighted by Crippen LogP contribution is -2.40. The average Bonchev–Trinajstić information content (AvgIpc) is 3.43. The van der Waals surface area contributed by atoms with Gasteiger partial charge in [-0.25, -0.2) is 15.1 Å². The van der Waals surface area contributed by atoms with Crippen LogP contribution in [0.4, 0.5) is 0 Å². The van der Waals surface area contributed by atoms with Crippen LogP contribution in [-0.4, -0.2) is 44.5 Å². The van der Waals surface area contributed by atoms with Crippen molar-refractivity contribution >= 4 is 11.4 Å². The van der Waals surface area contributed by atoms with Crippen LogP contribution in [0, 0.1) is 0 Å². The number of hydrazine groups is 1. The molecular formula is C22H24N6. The van der Waals surface area contributed by atoms with Crippen molar-refractivity contribution in [3.8, 4) is 5.69 Å². The molecule has 142 valence electrons. The van der Waals surface area contributed by atoms with E-state index < -0.39 is 0 Å². The molecule has 1 N–H and O–H groups in total. The molecule has 1 saturated heterocycles. The Morgan fingerprint density at radius 3 is 2.79 bits per heavy atom. The molecule has 0 aliphatic carbocycles. The number of rotatable bonds is 3. The SMILES string of the molecule is C=C(c1ccccc1-n1cccn1)N1CC2=C3N=C(C)C(C)=C(C)N3NC2C1. The van der Waals surface area contributed by atoms with Crippen LogP contribution in [-0.2, 0) is 0 Å². The number of allylic oxidation sites excluding steroid dienone is 2. The molecule has 0 amide bonds. The summed E-state index contributed by atoms with van der Waals surface area (Å²) >= 11 is 0. The van der Waals surface area contributed by atoms with E-state index in [4.69, 9.17) is 4.99 Å². The molecule has 0 spiro atoms. The summed E-state index contributed by atoms with van der Waals surface area (Å²) in [5.74, 6) is 1.06. The summed E-state index contributed by atoms with van der Waals surface area (Å²) in [4.78, 5) is 7.21. The third kappa shape index (κ3) is 2.45. The minimum atomic E-state index is 0.265. The fraction of sp³-hybridized carbons (Fsp3) is 0.273. The minimum Gasteiger partial charge on any atom is -0.365 e. The number of benzene rings is 1. The van der Waals surface area contributed by atoms with Gasteiger partial charge in [-0.1, -0.05) is 24.8 Å². The first kappa shape index (κ1) is 17.0. The molecule has 4 heterocycles. The summed E-state index contributed by atoms with van der Waals surface area (Å²) in [6.07, 6.45) is 3.76. The smallest absolute Gasteiger partial charge is 0.150 e. The Labute approximate surface area is 165 Å². The largest absolute Gasteiger partial charge is 0.365 e. The first-order valence-corrected chi connectivity index (χ1v) is 9.60. The summed E-state index contributed by atoms with van der Waals surface area (Å²) < 4.78 is 1.89. The van der Waals surface area contributed by atoms with Crippen molar-refractivity contribution in [2.24, 2.45) is 4.99 Å². The summed E-state index contributed by atoms with van der Waals surface area (Å²) in [5.41, 5.74) is 11.7. The predicted octanol–water partition coefficient (Wildman–Crippen LogP) is 3.33. The van der Waals surface area contributed by atoms with E-state index in [1.54, 1.807) is 6.20 Å². The monoisotopic (exact) mass is 372 g/mol. The number of likely N-dealkylation sites (tertiary alicyclic amines) is 1. The Morgan fingerprint density at radius 2 is 2.00 bits per heavy atom. The van der Waals surface area contributed by atoms with Gasteiger partial charge in [-0.05, 0) is 38.5 Å². The fourth-order valence-corrected chi connectivity index (χ4v) is 4.17. The summed E-state index contributed by atoms with van der Waals surface area (Å²) in [6, 6.07) is 10.5. The van der Waals surface area contributed by atoms with Gasteiger partial charge in [0.1, 0.15) is 5.82 Å². The highest BCUT2D eigenvalue weighted by atomic mass is 15.6. The van der Waals surface area contributed by atoms with Crippen molar-refractivity contribution in [2.75, 3.05) is 13.1 Å². The molecule has 0 bridgehead atoms. The number of fused-ring (bicyclic) bond motifs is 2. The standard InChI is InChI=1S/C22H24N6/c1-14-15(2)24-22-19-12-26(13-20(19)25-28(22)16(14)3)17(4)18-8-5-6-9-21(18)27-11-7-10-23-27/h5-11,20,25H,4,12-13H2,1-3H3. The van der Waals surface area contributed by atoms with Crippen LogP contribution in [0.15, 0.2) is 77.0 Å². The zero-order valence-electron chi connectivity index (χ0n) is 16.5. The lowest BCUT2D eigenvalue weighted by Gasteiger charge is -2.30. The second-order valence-corrected chi connectivity index (χ2v) is 7.57. The number of hydrogen-bond acceptors (Lipinski definition) is 5. The number of nitrogens with zero attached hydrogens (tertiary/aromatic N) is 5.